The molecule has 0 saturated carbocycles. The van der Waals surface area contributed by atoms with Gasteiger partial charge in [-0.1, -0.05) is 13.8 Å². The number of nitrogens with one attached hydrogen (secondary N) is 1. The van der Waals surface area contributed by atoms with E-state index in [1.54, 1.807) is 0 Å². The Morgan fingerprint density at radius 3 is 2.67 bits per heavy atom. The Morgan fingerprint density at radius 2 is 2.05 bits per heavy atom. The second-order valence-corrected chi connectivity index (χ2v) is 5.52. The van der Waals surface area contributed by atoms with Crippen molar-refractivity contribution >= 4 is 5.91 Å². The highest BCUT2D eigenvalue weighted by atomic mass is 19.1. The Kier molecular flexibility index (Phi) is 7.29. The van der Waals surface area contributed by atoms with Gasteiger partial charge in [-0.15, -0.1) is 0 Å². The van der Waals surface area contributed by atoms with Crippen LogP contribution in [-0.2, 0) is 11.2 Å². The number of aryl methyl sites for hydroxylation is 1. The summed E-state index contributed by atoms with van der Waals surface area (Å²) in [5.41, 5.74) is 0.290. The quantitative estimate of drug-likeness (QED) is 0.775. The molecule has 5 heteroatoms. The number of rotatable bonds is 8. The molecular weight excluding hydrogens is 276 g/mol. The van der Waals surface area contributed by atoms with Gasteiger partial charge in [-0.2, -0.15) is 0 Å². The molecule has 0 heterocycles. The molecule has 118 valence electrons. The summed E-state index contributed by atoms with van der Waals surface area (Å²) in [5, 5.41) is 11.8. The van der Waals surface area contributed by atoms with Gasteiger partial charge in [0.1, 0.15) is 11.6 Å². The second-order valence-electron chi connectivity index (χ2n) is 5.52. The number of halogens is 2. The SMILES string of the molecule is CC(C)C(CCO)NC(=O)CCCc1cc(F)ccc1F. The summed E-state index contributed by atoms with van der Waals surface area (Å²) < 4.78 is 26.4. The van der Waals surface area contributed by atoms with E-state index in [4.69, 9.17) is 5.11 Å². The summed E-state index contributed by atoms with van der Waals surface area (Å²) in [5.74, 6) is -0.809. The van der Waals surface area contributed by atoms with Gasteiger partial charge in [0.25, 0.3) is 0 Å². The van der Waals surface area contributed by atoms with E-state index in [1.165, 1.54) is 0 Å². The molecule has 0 aliphatic heterocycles. The molecule has 0 bridgehead atoms. The third kappa shape index (κ3) is 6.21. The first-order chi connectivity index (χ1) is 9.93. The van der Waals surface area contributed by atoms with Crippen molar-refractivity contribution in [2.24, 2.45) is 5.92 Å². The van der Waals surface area contributed by atoms with E-state index in [-0.39, 0.29) is 30.9 Å². The maximum atomic E-state index is 13.4. The van der Waals surface area contributed by atoms with Gasteiger partial charge in [-0.25, -0.2) is 8.78 Å². The lowest BCUT2D eigenvalue weighted by molar-refractivity contribution is -0.122. The number of aliphatic hydroxyl groups is 1. The molecule has 0 aromatic heterocycles. The van der Waals surface area contributed by atoms with Crippen LogP contribution < -0.4 is 5.32 Å². The highest BCUT2D eigenvalue weighted by Gasteiger charge is 2.15. The zero-order valence-electron chi connectivity index (χ0n) is 12.5. The van der Waals surface area contributed by atoms with E-state index in [0.29, 0.717) is 24.8 Å². The summed E-state index contributed by atoms with van der Waals surface area (Å²) in [4.78, 5) is 11.8. The first-order valence-corrected chi connectivity index (χ1v) is 7.28. The Bertz CT molecular complexity index is 464. The van der Waals surface area contributed by atoms with Crippen LogP contribution >= 0.6 is 0 Å². The van der Waals surface area contributed by atoms with Crippen molar-refractivity contribution in [3.05, 3.63) is 35.4 Å². The third-order valence-electron chi connectivity index (χ3n) is 3.45. The predicted molar refractivity (Wildman–Crippen MR) is 77.8 cm³/mol. The van der Waals surface area contributed by atoms with Crippen LogP contribution in [0.4, 0.5) is 8.78 Å². The van der Waals surface area contributed by atoms with Crippen molar-refractivity contribution in [3.63, 3.8) is 0 Å². The molecule has 21 heavy (non-hydrogen) atoms. The summed E-state index contributed by atoms with van der Waals surface area (Å²) >= 11 is 0. The summed E-state index contributed by atoms with van der Waals surface area (Å²) in [6.45, 7) is 3.98. The van der Waals surface area contributed by atoms with Gasteiger partial charge < -0.3 is 10.4 Å². The normalized spacial score (nSPS) is 12.5. The molecule has 1 rings (SSSR count). The maximum Gasteiger partial charge on any atom is 0.220 e. The van der Waals surface area contributed by atoms with Crippen LogP contribution in [0, 0.1) is 17.6 Å². The Balaban J connectivity index is 2.41. The fourth-order valence-electron chi connectivity index (χ4n) is 2.16. The fraction of sp³-hybridized carbons (Fsp3) is 0.562. The van der Waals surface area contributed by atoms with Crippen LogP contribution in [0.15, 0.2) is 18.2 Å². The molecule has 1 aromatic rings. The lowest BCUT2D eigenvalue weighted by atomic mass is 10.0. The van der Waals surface area contributed by atoms with Gasteiger partial charge in [0.05, 0.1) is 0 Å². The number of benzene rings is 1. The van der Waals surface area contributed by atoms with Crippen molar-refractivity contribution in [1.82, 2.24) is 5.32 Å². The first kappa shape index (κ1) is 17.6. The van der Waals surface area contributed by atoms with E-state index in [0.717, 1.165) is 18.2 Å². The van der Waals surface area contributed by atoms with E-state index >= 15 is 0 Å². The van der Waals surface area contributed by atoms with Crippen LogP contribution in [0.3, 0.4) is 0 Å². The smallest absolute Gasteiger partial charge is 0.220 e. The number of carbonyl (C=O) groups excluding carboxylic acids is 1. The molecule has 3 nitrogen and oxygen atoms in total. The zero-order chi connectivity index (χ0) is 15.8. The van der Waals surface area contributed by atoms with Gasteiger partial charge >= 0.3 is 0 Å². The van der Waals surface area contributed by atoms with Crippen LogP contribution in [0.2, 0.25) is 0 Å². The Labute approximate surface area is 124 Å². The van der Waals surface area contributed by atoms with Crippen LogP contribution in [-0.4, -0.2) is 23.7 Å². The minimum Gasteiger partial charge on any atom is -0.396 e. The van der Waals surface area contributed by atoms with E-state index < -0.39 is 11.6 Å². The standard InChI is InChI=1S/C16H23F2NO2/c1-11(2)15(8-9-20)19-16(21)5-3-4-12-10-13(17)6-7-14(12)18/h6-7,10-11,15,20H,3-5,8-9H2,1-2H3,(H,19,21). The van der Waals surface area contributed by atoms with E-state index in [9.17, 15) is 13.6 Å². The molecular formula is C16H23F2NO2. The van der Waals surface area contributed by atoms with Gasteiger partial charge in [-0.05, 0) is 48.9 Å². The highest BCUT2D eigenvalue weighted by Crippen LogP contribution is 2.13. The number of aliphatic hydroxyl groups excluding tert-OH is 1. The summed E-state index contributed by atoms with van der Waals surface area (Å²) in [7, 11) is 0. The lowest BCUT2D eigenvalue weighted by Crippen LogP contribution is -2.39. The molecule has 2 N–H and O–H groups in total. The largest absolute Gasteiger partial charge is 0.396 e. The van der Waals surface area contributed by atoms with Gasteiger partial charge in [0, 0.05) is 19.1 Å². The number of carbonyl (C=O) groups is 1. The zero-order valence-corrected chi connectivity index (χ0v) is 12.5. The molecule has 1 amide bonds. The number of amides is 1. The average Bonchev–Trinajstić information content (AvgIpc) is 2.42. The van der Waals surface area contributed by atoms with Crippen LogP contribution in [0.5, 0.6) is 0 Å². The highest BCUT2D eigenvalue weighted by molar-refractivity contribution is 5.76. The Morgan fingerprint density at radius 1 is 1.33 bits per heavy atom. The molecule has 0 spiro atoms. The molecule has 0 saturated heterocycles. The number of hydrogen-bond donors (Lipinski definition) is 2. The molecule has 0 aliphatic carbocycles. The maximum absolute atomic E-state index is 13.4. The van der Waals surface area contributed by atoms with E-state index in [2.05, 4.69) is 5.32 Å². The van der Waals surface area contributed by atoms with Gasteiger partial charge in [0.2, 0.25) is 5.91 Å². The minimum absolute atomic E-state index is 0.0254. The first-order valence-electron chi connectivity index (χ1n) is 7.28. The van der Waals surface area contributed by atoms with Crippen molar-refractivity contribution in [2.75, 3.05) is 6.61 Å². The van der Waals surface area contributed by atoms with Crippen molar-refractivity contribution in [1.29, 1.82) is 0 Å². The van der Waals surface area contributed by atoms with E-state index in [1.807, 2.05) is 13.8 Å². The van der Waals surface area contributed by atoms with Gasteiger partial charge in [-0.3, -0.25) is 4.79 Å². The lowest BCUT2D eigenvalue weighted by Gasteiger charge is -2.21. The molecule has 1 atom stereocenters. The predicted octanol–water partition coefficient (Wildman–Crippen LogP) is 2.81. The second kappa shape index (κ2) is 8.72. The summed E-state index contributed by atoms with van der Waals surface area (Å²) in [6, 6.07) is 3.28. The molecule has 0 radical (unpaired) electrons. The molecule has 0 aliphatic rings. The van der Waals surface area contributed by atoms with Crippen molar-refractivity contribution in [2.45, 2.75) is 45.6 Å². The summed E-state index contributed by atoms with van der Waals surface area (Å²) in [6.07, 6.45) is 1.55. The van der Waals surface area contributed by atoms with Crippen LogP contribution in [0.25, 0.3) is 0 Å². The average molecular weight is 299 g/mol. The van der Waals surface area contributed by atoms with Crippen molar-refractivity contribution in [3.8, 4) is 0 Å². The molecule has 1 unspecified atom stereocenters. The number of hydrogen-bond acceptors (Lipinski definition) is 2. The van der Waals surface area contributed by atoms with Crippen LogP contribution in [0.1, 0.15) is 38.7 Å². The fourth-order valence-corrected chi connectivity index (χ4v) is 2.16. The Hall–Kier alpha value is -1.49. The molecule has 0 fully saturated rings. The topological polar surface area (TPSA) is 49.3 Å². The molecule has 1 aromatic carbocycles. The monoisotopic (exact) mass is 299 g/mol. The van der Waals surface area contributed by atoms with Gasteiger partial charge in [0.15, 0.2) is 0 Å². The van der Waals surface area contributed by atoms with Crippen molar-refractivity contribution < 1.29 is 18.7 Å². The minimum atomic E-state index is -0.473. The third-order valence-corrected chi connectivity index (χ3v) is 3.45.